The van der Waals surface area contributed by atoms with Crippen molar-refractivity contribution in [2.24, 2.45) is 5.92 Å². The average molecular weight is 340 g/mol. The van der Waals surface area contributed by atoms with E-state index in [0.717, 1.165) is 23.3 Å². The van der Waals surface area contributed by atoms with Gasteiger partial charge in [-0.3, -0.25) is 0 Å². The first-order chi connectivity index (χ1) is 10.5. The molecule has 2 rings (SSSR count). The predicted octanol–water partition coefficient (Wildman–Crippen LogP) is 3.90. The quantitative estimate of drug-likeness (QED) is 0.817. The molecule has 5 heteroatoms. The van der Waals surface area contributed by atoms with Gasteiger partial charge in [-0.25, -0.2) is 8.42 Å². The van der Waals surface area contributed by atoms with Gasteiger partial charge in [0.2, 0.25) is 10.0 Å². The summed E-state index contributed by atoms with van der Waals surface area (Å²) in [5.74, 6) is 1.27. The van der Waals surface area contributed by atoms with Crippen LogP contribution in [0.3, 0.4) is 0 Å². The van der Waals surface area contributed by atoms with Crippen LogP contribution in [0.25, 0.3) is 0 Å². The molecule has 4 nitrogen and oxygen atoms in total. The van der Waals surface area contributed by atoms with E-state index in [2.05, 4.69) is 13.8 Å². The molecule has 0 aromatic heterocycles. The highest BCUT2D eigenvalue weighted by Crippen LogP contribution is 2.43. The van der Waals surface area contributed by atoms with Gasteiger partial charge >= 0.3 is 0 Å². The van der Waals surface area contributed by atoms with Crippen LogP contribution in [0.5, 0.6) is 5.75 Å². The molecule has 0 N–H and O–H groups in total. The Labute approximate surface area is 140 Å². The highest BCUT2D eigenvalue weighted by molar-refractivity contribution is 7.88. The molecule has 1 aromatic carbocycles. The van der Waals surface area contributed by atoms with Crippen molar-refractivity contribution in [3.8, 4) is 5.75 Å². The second kappa shape index (κ2) is 6.44. The van der Waals surface area contributed by atoms with E-state index in [-0.39, 0.29) is 11.6 Å². The Morgan fingerprint density at radius 3 is 2.57 bits per heavy atom. The summed E-state index contributed by atoms with van der Waals surface area (Å²) in [5, 5.41) is 0. The maximum Gasteiger partial charge on any atom is 0.211 e. The Morgan fingerprint density at radius 1 is 1.35 bits per heavy atom. The molecule has 1 unspecified atom stereocenters. The van der Waals surface area contributed by atoms with Crippen molar-refractivity contribution < 1.29 is 13.2 Å². The smallest absolute Gasteiger partial charge is 0.211 e. The SMILES string of the molecule is Cc1ccc2c(c1)OC(C)(C)CC2N(CCC(C)C)S(C)(=O)=O. The van der Waals surface area contributed by atoms with Crippen molar-refractivity contribution in [1.82, 2.24) is 4.31 Å². The van der Waals surface area contributed by atoms with Crippen LogP contribution in [0.2, 0.25) is 0 Å². The Morgan fingerprint density at radius 2 is 2.00 bits per heavy atom. The molecule has 0 aliphatic carbocycles. The molecule has 0 fully saturated rings. The van der Waals surface area contributed by atoms with Crippen molar-refractivity contribution in [3.63, 3.8) is 0 Å². The van der Waals surface area contributed by atoms with E-state index in [1.807, 2.05) is 39.0 Å². The number of fused-ring (bicyclic) bond motifs is 1. The molecule has 0 amide bonds. The second-order valence-electron chi connectivity index (χ2n) is 7.68. The van der Waals surface area contributed by atoms with Gasteiger partial charge in [0.25, 0.3) is 0 Å². The van der Waals surface area contributed by atoms with E-state index in [4.69, 9.17) is 4.74 Å². The number of benzene rings is 1. The van der Waals surface area contributed by atoms with Gasteiger partial charge in [0.15, 0.2) is 0 Å². The minimum absolute atomic E-state index is 0.164. The van der Waals surface area contributed by atoms with Crippen molar-refractivity contribution in [3.05, 3.63) is 29.3 Å². The zero-order valence-corrected chi connectivity index (χ0v) is 15.9. The van der Waals surface area contributed by atoms with Gasteiger partial charge in [0, 0.05) is 18.5 Å². The number of sulfonamides is 1. The summed E-state index contributed by atoms with van der Waals surface area (Å²) in [5.41, 5.74) is 1.71. The van der Waals surface area contributed by atoms with Crippen molar-refractivity contribution >= 4 is 10.0 Å². The minimum Gasteiger partial charge on any atom is -0.487 e. The van der Waals surface area contributed by atoms with Crippen molar-refractivity contribution in [2.75, 3.05) is 12.8 Å². The Balaban J connectivity index is 2.46. The van der Waals surface area contributed by atoms with Crippen LogP contribution >= 0.6 is 0 Å². The van der Waals surface area contributed by atoms with Crippen molar-refractivity contribution in [2.45, 2.75) is 59.1 Å². The first-order valence-electron chi connectivity index (χ1n) is 8.26. The van der Waals surface area contributed by atoms with E-state index < -0.39 is 10.0 Å². The number of rotatable bonds is 5. The van der Waals surface area contributed by atoms with Gasteiger partial charge in [0.1, 0.15) is 11.4 Å². The van der Waals surface area contributed by atoms with E-state index in [1.165, 1.54) is 6.26 Å². The molecule has 0 radical (unpaired) electrons. The fourth-order valence-corrected chi connectivity index (χ4v) is 4.20. The summed E-state index contributed by atoms with van der Waals surface area (Å²) in [7, 11) is -3.29. The predicted molar refractivity (Wildman–Crippen MR) is 94.2 cm³/mol. The molecule has 1 heterocycles. The van der Waals surface area contributed by atoms with Crippen LogP contribution < -0.4 is 4.74 Å². The monoisotopic (exact) mass is 339 g/mol. The Bertz CT molecular complexity index is 665. The standard InChI is InChI=1S/C18H29NO3S/c1-13(2)9-10-19(23(6,20)21)16-12-18(4,5)22-17-11-14(3)7-8-15(16)17/h7-8,11,13,16H,9-10,12H2,1-6H3. The third-order valence-corrected chi connectivity index (χ3v) is 5.59. The minimum atomic E-state index is -3.29. The Kier molecular flexibility index (Phi) is 5.12. The molecule has 0 bridgehead atoms. The zero-order valence-electron chi connectivity index (χ0n) is 15.1. The zero-order chi connectivity index (χ0) is 17.4. The lowest BCUT2D eigenvalue weighted by atomic mass is 9.89. The molecule has 1 aromatic rings. The molecule has 0 saturated carbocycles. The summed E-state index contributed by atoms with van der Waals surface area (Å²) in [6.45, 7) is 10.8. The van der Waals surface area contributed by atoms with Gasteiger partial charge in [0.05, 0.1) is 12.3 Å². The first-order valence-corrected chi connectivity index (χ1v) is 10.1. The average Bonchev–Trinajstić information content (AvgIpc) is 2.34. The maximum absolute atomic E-state index is 12.4. The summed E-state index contributed by atoms with van der Waals surface area (Å²) in [4.78, 5) is 0. The number of ether oxygens (including phenoxy) is 1. The first kappa shape index (κ1) is 18.3. The third kappa shape index (κ3) is 4.48. The molecule has 0 spiro atoms. The van der Waals surface area contributed by atoms with Gasteiger partial charge in [-0.05, 0) is 44.7 Å². The summed E-state index contributed by atoms with van der Waals surface area (Å²) in [6, 6.07) is 5.88. The van der Waals surface area contributed by atoms with Crippen molar-refractivity contribution in [1.29, 1.82) is 0 Å². The van der Waals surface area contributed by atoms with Gasteiger partial charge in [-0.15, -0.1) is 0 Å². The van der Waals surface area contributed by atoms with Crippen LogP contribution in [-0.4, -0.2) is 31.1 Å². The molecule has 0 saturated heterocycles. The molecule has 130 valence electrons. The fraction of sp³-hybridized carbons (Fsp3) is 0.667. The van der Waals surface area contributed by atoms with Crippen LogP contribution in [0.4, 0.5) is 0 Å². The number of nitrogens with zero attached hydrogens (tertiary/aromatic N) is 1. The van der Waals surface area contributed by atoms with E-state index >= 15 is 0 Å². The number of hydrogen-bond acceptors (Lipinski definition) is 3. The van der Waals surface area contributed by atoms with Crippen LogP contribution in [0.15, 0.2) is 18.2 Å². The number of aryl methyl sites for hydroxylation is 1. The lowest BCUT2D eigenvalue weighted by molar-refractivity contribution is 0.0497. The van der Waals surface area contributed by atoms with Crippen LogP contribution in [0.1, 0.15) is 57.7 Å². The highest BCUT2D eigenvalue weighted by Gasteiger charge is 2.39. The van der Waals surface area contributed by atoms with E-state index in [9.17, 15) is 8.42 Å². The largest absolute Gasteiger partial charge is 0.487 e. The van der Waals surface area contributed by atoms with E-state index in [0.29, 0.717) is 18.9 Å². The van der Waals surface area contributed by atoms with Gasteiger partial charge in [-0.1, -0.05) is 26.0 Å². The third-order valence-electron chi connectivity index (χ3n) is 4.30. The molecule has 1 aliphatic heterocycles. The highest BCUT2D eigenvalue weighted by atomic mass is 32.2. The maximum atomic E-state index is 12.4. The summed E-state index contributed by atoms with van der Waals surface area (Å²) in [6.07, 6.45) is 2.82. The second-order valence-corrected chi connectivity index (χ2v) is 9.61. The van der Waals surface area contributed by atoms with Crippen LogP contribution in [-0.2, 0) is 10.0 Å². The number of hydrogen-bond donors (Lipinski definition) is 0. The fourth-order valence-electron chi connectivity index (χ4n) is 3.12. The Hall–Kier alpha value is -1.07. The van der Waals surface area contributed by atoms with Crippen LogP contribution in [0, 0.1) is 12.8 Å². The normalized spacial score (nSPS) is 20.4. The molecular weight excluding hydrogens is 310 g/mol. The molecular formula is C18H29NO3S. The molecule has 1 aliphatic rings. The topological polar surface area (TPSA) is 46.6 Å². The van der Waals surface area contributed by atoms with E-state index in [1.54, 1.807) is 4.31 Å². The molecule has 23 heavy (non-hydrogen) atoms. The summed E-state index contributed by atoms with van der Waals surface area (Å²) >= 11 is 0. The lowest BCUT2D eigenvalue weighted by Gasteiger charge is -2.42. The van der Waals surface area contributed by atoms with Gasteiger partial charge < -0.3 is 4.74 Å². The molecule has 1 atom stereocenters. The lowest BCUT2D eigenvalue weighted by Crippen LogP contribution is -2.44. The summed E-state index contributed by atoms with van der Waals surface area (Å²) < 4.78 is 32.6. The van der Waals surface area contributed by atoms with Gasteiger partial charge in [-0.2, -0.15) is 4.31 Å².